The van der Waals surface area contributed by atoms with Gasteiger partial charge in [-0.05, 0) is 19.8 Å². The summed E-state index contributed by atoms with van der Waals surface area (Å²) in [5.41, 5.74) is 0. The molecule has 1 saturated heterocycles. The summed E-state index contributed by atoms with van der Waals surface area (Å²) in [6.07, 6.45) is 2.23. The Labute approximate surface area is 113 Å². The standard InChI is InChI=1S/C12H22N6O/c1-8-7-9(5-6-19-8)14-11-15-10(13-2)16-12(17-11)18(3)4/h8-9H,5-7H2,1-4H3,(H2,13,14,15,16,17). The first-order valence-corrected chi connectivity index (χ1v) is 6.57. The first-order chi connectivity index (χ1) is 9.08. The Morgan fingerprint density at radius 3 is 2.58 bits per heavy atom. The van der Waals surface area contributed by atoms with Gasteiger partial charge in [-0.1, -0.05) is 0 Å². The molecule has 2 atom stereocenters. The van der Waals surface area contributed by atoms with Crippen LogP contribution >= 0.6 is 0 Å². The van der Waals surface area contributed by atoms with Crippen molar-refractivity contribution in [1.82, 2.24) is 15.0 Å². The summed E-state index contributed by atoms with van der Waals surface area (Å²) in [7, 11) is 5.62. The van der Waals surface area contributed by atoms with Crippen LogP contribution in [-0.2, 0) is 4.74 Å². The molecule has 19 heavy (non-hydrogen) atoms. The van der Waals surface area contributed by atoms with E-state index >= 15 is 0 Å². The van der Waals surface area contributed by atoms with Gasteiger partial charge in [0.25, 0.3) is 0 Å². The highest BCUT2D eigenvalue weighted by molar-refractivity contribution is 5.43. The number of nitrogens with zero attached hydrogens (tertiary/aromatic N) is 4. The molecule has 2 heterocycles. The average Bonchev–Trinajstić information content (AvgIpc) is 2.38. The molecule has 0 aliphatic carbocycles. The van der Waals surface area contributed by atoms with Gasteiger partial charge in [0.2, 0.25) is 17.8 Å². The van der Waals surface area contributed by atoms with Gasteiger partial charge >= 0.3 is 0 Å². The lowest BCUT2D eigenvalue weighted by molar-refractivity contribution is 0.0231. The second-order valence-electron chi connectivity index (χ2n) is 4.97. The summed E-state index contributed by atoms with van der Waals surface area (Å²) in [6, 6.07) is 0.353. The largest absolute Gasteiger partial charge is 0.378 e. The number of hydrogen-bond acceptors (Lipinski definition) is 7. The third-order valence-corrected chi connectivity index (χ3v) is 3.07. The summed E-state index contributed by atoms with van der Waals surface area (Å²) in [4.78, 5) is 14.9. The maximum absolute atomic E-state index is 5.54. The molecule has 1 aromatic rings. The summed E-state index contributed by atoms with van der Waals surface area (Å²) in [5.74, 6) is 1.82. The molecular weight excluding hydrogens is 244 g/mol. The van der Waals surface area contributed by atoms with Gasteiger partial charge < -0.3 is 20.3 Å². The van der Waals surface area contributed by atoms with Crippen LogP contribution in [0.15, 0.2) is 0 Å². The second-order valence-corrected chi connectivity index (χ2v) is 4.97. The minimum absolute atomic E-state index is 0.283. The smallest absolute Gasteiger partial charge is 0.231 e. The van der Waals surface area contributed by atoms with Crippen molar-refractivity contribution in [2.45, 2.75) is 31.9 Å². The van der Waals surface area contributed by atoms with Crippen molar-refractivity contribution in [1.29, 1.82) is 0 Å². The third kappa shape index (κ3) is 3.66. The van der Waals surface area contributed by atoms with Crippen molar-refractivity contribution in [2.75, 3.05) is 43.3 Å². The van der Waals surface area contributed by atoms with E-state index in [1.54, 1.807) is 7.05 Å². The number of rotatable bonds is 4. The molecule has 0 bridgehead atoms. The average molecular weight is 266 g/mol. The van der Waals surface area contributed by atoms with E-state index in [-0.39, 0.29) is 6.10 Å². The van der Waals surface area contributed by atoms with Crippen LogP contribution in [0.2, 0.25) is 0 Å². The van der Waals surface area contributed by atoms with Crippen LogP contribution in [-0.4, -0.2) is 54.8 Å². The lowest BCUT2D eigenvalue weighted by atomic mass is 10.0. The van der Waals surface area contributed by atoms with Crippen molar-refractivity contribution < 1.29 is 4.74 Å². The highest BCUT2D eigenvalue weighted by atomic mass is 16.5. The van der Waals surface area contributed by atoms with E-state index in [9.17, 15) is 0 Å². The van der Waals surface area contributed by atoms with E-state index in [4.69, 9.17) is 4.74 Å². The monoisotopic (exact) mass is 266 g/mol. The van der Waals surface area contributed by atoms with Crippen LogP contribution in [0.1, 0.15) is 19.8 Å². The number of nitrogens with one attached hydrogen (secondary N) is 2. The van der Waals surface area contributed by atoms with Gasteiger partial charge in [0, 0.05) is 33.8 Å². The topological polar surface area (TPSA) is 75.2 Å². The zero-order chi connectivity index (χ0) is 13.8. The Hall–Kier alpha value is -1.63. The van der Waals surface area contributed by atoms with Crippen molar-refractivity contribution >= 4 is 17.8 Å². The maximum Gasteiger partial charge on any atom is 0.231 e. The fourth-order valence-electron chi connectivity index (χ4n) is 2.05. The molecule has 7 heteroatoms. The molecule has 1 aromatic heterocycles. The van der Waals surface area contributed by atoms with Crippen LogP contribution in [0.5, 0.6) is 0 Å². The second kappa shape index (κ2) is 6.01. The van der Waals surface area contributed by atoms with Gasteiger partial charge in [-0.25, -0.2) is 0 Å². The molecule has 1 fully saturated rings. The molecule has 106 valence electrons. The van der Waals surface area contributed by atoms with Crippen LogP contribution in [0.4, 0.5) is 17.8 Å². The fourth-order valence-corrected chi connectivity index (χ4v) is 2.05. The molecule has 0 spiro atoms. The summed E-state index contributed by atoms with van der Waals surface area (Å²) >= 11 is 0. The van der Waals surface area contributed by atoms with E-state index in [1.165, 1.54) is 0 Å². The van der Waals surface area contributed by atoms with E-state index < -0.39 is 0 Å². The zero-order valence-electron chi connectivity index (χ0n) is 12.0. The van der Waals surface area contributed by atoms with Gasteiger partial charge in [-0.3, -0.25) is 0 Å². The third-order valence-electron chi connectivity index (χ3n) is 3.07. The number of hydrogen-bond donors (Lipinski definition) is 2. The summed E-state index contributed by atoms with van der Waals surface area (Å²) < 4.78 is 5.54. The molecule has 0 saturated carbocycles. The minimum Gasteiger partial charge on any atom is -0.378 e. The van der Waals surface area contributed by atoms with Gasteiger partial charge in [-0.2, -0.15) is 15.0 Å². The Bertz CT molecular complexity index is 425. The molecular formula is C12H22N6O. The molecule has 1 aliphatic rings. The Balaban J connectivity index is 2.12. The van der Waals surface area contributed by atoms with Crippen molar-refractivity contribution in [2.24, 2.45) is 0 Å². The molecule has 0 amide bonds. The first-order valence-electron chi connectivity index (χ1n) is 6.57. The van der Waals surface area contributed by atoms with E-state index in [1.807, 2.05) is 19.0 Å². The lowest BCUT2D eigenvalue weighted by Gasteiger charge is -2.28. The predicted molar refractivity (Wildman–Crippen MR) is 75.8 cm³/mol. The van der Waals surface area contributed by atoms with Gasteiger partial charge in [0.05, 0.1) is 6.10 Å². The van der Waals surface area contributed by atoms with Crippen molar-refractivity contribution in [3.05, 3.63) is 0 Å². The van der Waals surface area contributed by atoms with E-state index in [0.29, 0.717) is 23.9 Å². The quantitative estimate of drug-likeness (QED) is 0.840. The SMILES string of the molecule is CNc1nc(NC2CCOC(C)C2)nc(N(C)C)n1. The van der Waals surface area contributed by atoms with Crippen LogP contribution < -0.4 is 15.5 Å². The maximum atomic E-state index is 5.54. The molecule has 1 aliphatic heterocycles. The molecule has 2 rings (SSSR count). The fraction of sp³-hybridized carbons (Fsp3) is 0.750. The van der Waals surface area contributed by atoms with Crippen LogP contribution in [0, 0.1) is 0 Å². The van der Waals surface area contributed by atoms with Crippen LogP contribution in [0.3, 0.4) is 0 Å². The van der Waals surface area contributed by atoms with Crippen molar-refractivity contribution in [3.63, 3.8) is 0 Å². The van der Waals surface area contributed by atoms with Crippen LogP contribution in [0.25, 0.3) is 0 Å². The van der Waals surface area contributed by atoms with E-state index in [2.05, 4.69) is 32.5 Å². The zero-order valence-corrected chi connectivity index (χ0v) is 12.0. The molecule has 0 radical (unpaired) electrons. The Morgan fingerprint density at radius 1 is 1.21 bits per heavy atom. The first kappa shape index (κ1) is 13.8. The van der Waals surface area contributed by atoms with Gasteiger partial charge in [0.1, 0.15) is 0 Å². The van der Waals surface area contributed by atoms with E-state index in [0.717, 1.165) is 19.4 Å². The molecule has 2 N–H and O–H groups in total. The molecule has 0 aromatic carbocycles. The van der Waals surface area contributed by atoms with Gasteiger partial charge in [0.15, 0.2) is 0 Å². The molecule has 7 nitrogen and oxygen atoms in total. The highest BCUT2D eigenvalue weighted by Gasteiger charge is 2.20. The normalized spacial score (nSPS) is 22.9. The minimum atomic E-state index is 0.283. The Morgan fingerprint density at radius 2 is 1.95 bits per heavy atom. The number of anilines is 3. The lowest BCUT2D eigenvalue weighted by Crippen LogP contribution is -2.33. The van der Waals surface area contributed by atoms with Gasteiger partial charge in [-0.15, -0.1) is 0 Å². The molecule has 2 unspecified atom stereocenters. The highest BCUT2D eigenvalue weighted by Crippen LogP contribution is 2.18. The summed E-state index contributed by atoms with van der Waals surface area (Å²) in [6.45, 7) is 2.87. The number of ether oxygens (including phenoxy) is 1. The summed E-state index contributed by atoms with van der Waals surface area (Å²) in [5, 5.41) is 6.33. The number of aromatic nitrogens is 3. The predicted octanol–water partition coefficient (Wildman–Crippen LogP) is 0.959. The van der Waals surface area contributed by atoms with Crippen molar-refractivity contribution in [3.8, 4) is 0 Å². The Kier molecular flexibility index (Phi) is 4.36.